The molecule has 7 aromatic carbocycles. The van der Waals surface area contributed by atoms with Gasteiger partial charge in [0.15, 0.2) is 11.6 Å². The van der Waals surface area contributed by atoms with Gasteiger partial charge in [-0.1, -0.05) is 182 Å². The number of rotatable bonds is 6. The maximum atomic E-state index is 5.42. The molecule has 0 aliphatic carbocycles. The van der Waals surface area contributed by atoms with Gasteiger partial charge < -0.3 is 4.57 Å². The zero-order chi connectivity index (χ0) is 43.2. The summed E-state index contributed by atoms with van der Waals surface area (Å²) in [6.45, 7) is 20.4. The van der Waals surface area contributed by atoms with Crippen LogP contribution in [0, 0.1) is 0 Å². The molecule has 0 bridgehead atoms. The highest BCUT2D eigenvalue weighted by Crippen LogP contribution is 2.44. The molecule has 0 aliphatic heterocycles. The van der Waals surface area contributed by atoms with Gasteiger partial charge in [-0.25, -0.2) is 4.98 Å². The van der Waals surface area contributed by atoms with Crippen molar-refractivity contribution in [3.8, 4) is 45.5 Å². The lowest BCUT2D eigenvalue weighted by atomic mass is 9.86. The third-order valence-electron chi connectivity index (χ3n) is 11.7. The Morgan fingerprint density at radius 3 is 1.52 bits per heavy atom. The number of fused-ring (bicyclic) bond motifs is 7. The minimum Gasteiger partial charge on any atom is -0.309 e. The second-order valence-corrected chi connectivity index (χ2v) is 17.9. The van der Waals surface area contributed by atoms with Crippen molar-refractivity contribution >= 4 is 43.6 Å². The third-order valence-corrected chi connectivity index (χ3v) is 11.7. The van der Waals surface area contributed by atoms with Gasteiger partial charge in [0.25, 0.3) is 0 Å². The van der Waals surface area contributed by atoms with Crippen molar-refractivity contribution in [1.29, 1.82) is 0 Å². The highest BCUT2D eigenvalue weighted by molar-refractivity contribution is 6.26. The van der Waals surface area contributed by atoms with Crippen LogP contribution in [0.4, 0.5) is 0 Å². The first kappa shape index (κ1) is 40.1. The Bertz CT molecular complexity index is 3260. The van der Waals surface area contributed by atoms with E-state index in [4.69, 9.17) is 15.0 Å². The quantitative estimate of drug-likeness (QED) is 0.157. The molecule has 0 saturated heterocycles. The van der Waals surface area contributed by atoms with Gasteiger partial charge in [0, 0.05) is 38.4 Å². The molecule has 10 rings (SSSR count). The van der Waals surface area contributed by atoms with E-state index < -0.39 is 0 Å². The van der Waals surface area contributed by atoms with Crippen molar-refractivity contribution < 1.29 is 0 Å². The van der Waals surface area contributed by atoms with E-state index in [0.717, 1.165) is 55.4 Å². The second-order valence-electron chi connectivity index (χ2n) is 17.9. The normalized spacial score (nSPS) is 11.8. The van der Waals surface area contributed by atoms with Gasteiger partial charge in [-0.3, -0.25) is 4.57 Å². The standard InChI is InChI=1S/C53H45N5.C4H6/c1-52(2,3)38-25-28-44-42(32-38)41-27-30-46-47(43-33-39(53(4,5)6)26-29-45(43)57(46)40-23-14-9-15-24-40)48(41)58(44)51-55-49(35-19-12-8-13-20-35)54-50(56-51)37-22-16-21-36(31-37)34-17-10-7-11-18-34;1-3-4-2/h7-33H,1-6H3;3-4H,1-2H2. The number of hydrogen-bond acceptors (Lipinski definition) is 3. The Hall–Kier alpha value is -7.37. The van der Waals surface area contributed by atoms with E-state index in [0.29, 0.717) is 17.6 Å². The van der Waals surface area contributed by atoms with Gasteiger partial charge in [0.1, 0.15) is 0 Å². The molecule has 0 radical (unpaired) electrons. The van der Waals surface area contributed by atoms with E-state index in [-0.39, 0.29) is 10.8 Å². The fourth-order valence-electron chi connectivity index (χ4n) is 8.38. The number of hydrogen-bond donors (Lipinski definition) is 0. The highest BCUT2D eigenvalue weighted by atomic mass is 15.2. The fraction of sp³-hybridized carbons (Fsp3) is 0.140. The van der Waals surface area contributed by atoms with Crippen LogP contribution in [-0.4, -0.2) is 24.1 Å². The van der Waals surface area contributed by atoms with Gasteiger partial charge in [0.05, 0.1) is 22.1 Å². The molecule has 0 N–H and O–H groups in total. The number of benzene rings is 7. The minimum atomic E-state index is -0.0421. The Morgan fingerprint density at radius 2 is 0.919 bits per heavy atom. The molecule has 62 heavy (non-hydrogen) atoms. The maximum Gasteiger partial charge on any atom is 0.238 e. The average molecular weight is 806 g/mol. The van der Waals surface area contributed by atoms with Crippen molar-refractivity contribution in [2.75, 3.05) is 0 Å². The predicted octanol–water partition coefficient (Wildman–Crippen LogP) is 15.0. The summed E-state index contributed by atoms with van der Waals surface area (Å²) in [7, 11) is 0. The summed E-state index contributed by atoms with van der Waals surface area (Å²) in [6, 6.07) is 58.4. The molecule has 0 aliphatic rings. The summed E-state index contributed by atoms with van der Waals surface area (Å²) >= 11 is 0. The zero-order valence-electron chi connectivity index (χ0n) is 36.4. The Kier molecular flexibility index (Phi) is 10.3. The molecule has 0 unspecified atom stereocenters. The molecule has 3 heterocycles. The summed E-state index contributed by atoms with van der Waals surface area (Å²) < 4.78 is 4.71. The van der Waals surface area contributed by atoms with Crippen molar-refractivity contribution in [3.63, 3.8) is 0 Å². The SMILES string of the molecule is C=CC=C.CC(C)(C)c1ccc2c(c1)c1c(ccc3c4cc(C(C)(C)C)ccc4n(-c4nc(-c5ccccc5)nc(-c5cccc(-c6ccccc6)c5)n4)c31)n2-c1ccccc1. The largest absolute Gasteiger partial charge is 0.309 e. The van der Waals surface area contributed by atoms with Gasteiger partial charge in [-0.2, -0.15) is 9.97 Å². The molecule has 3 aromatic heterocycles. The first-order valence-corrected chi connectivity index (χ1v) is 21.3. The summed E-state index contributed by atoms with van der Waals surface area (Å²) in [4.78, 5) is 16.0. The first-order chi connectivity index (χ1) is 29.9. The van der Waals surface area contributed by atoms with Crippen LogP contribution in [0.1, 0.15) is 52.7 Å². The number of aromatic nitrogens is 5. The van der Waals surface area contributed by atoms with E-state index in [2.05, 4.69) is 203 Å². The number of nitrogens with zero attached hydrogens (tertiary/aromatic N) is 5. The molecule has 0 fully saturated rings. The van der Waals surface area contributed by atoms with Gasteiger partial charge >= 0.3 is 0 Å². The van der Waals surface area contributed by atoms with Crippen molar-refractivity contribution in [1.82, 2.24) is 24.1 Å². The highest BCUT2D eigenvalue weighted by Gasteiger charge is 2.26. The minimum absolute atomic E-state index is 0.0394. The maximum absolute atomic E-state index is 5.42. The Balaban J connectivity index is 0.00000118. The molecule has 0 spiro atoms. The molecule has 5 nitrogen and oxygen atoms in total. The van der Waals surface area contributed by atoms with E-state index in [1.165, 1.54) is 27.3 Å². The number of para-hydroxylation sites is 1. The van der Waals surface area contributed by atoms with Gasteiger partial charge in [0.2, 0.25) is 5.95 Å². The lowest BCUT2D eigenvalue weighted by molar-refractivity contribution is 0.591. The van der Waals surface area contributed by atoms with E-state index in [1.807, 2.05) is 24.3 Å². The van der Waals surface area contributed by atoms with Crippen LogP contribution in [0.5, 0.6) is 0 Å². The predicted molar refractivity (Wildman–Crippen MR) is 263 cm³/mol. The van der Waals surface area contributed by atoms with Crippen LogP contribution in [0.2, 0.25) is 0 Å². The van der Waals surface area contributed by atoms with Gasteiger partial charge in [-0.05, 0) is 81.6 Å². The number of allylic oxidation sites excluding steroid dienone is 2. The summed E-state index contributed by atoms with van der Waals surface area (Å²) in [6.07, 6.45) is 3.28. The summed E-state index contributed by atoms with van der Waals surface area (Å²) in [5.74, 6) is 1.83. The van der Waals surface area contributed by atoms with Crippen LogP contribution in [0.3, 0.4) is 0 Å². The second kappa shape index (κ2) is 15.9. The summed E-state index contributed by atoms with van der Waals surface area (Å²) in [5, 5.41) is 4.71. The summed E-state index contributed by atoms with van der Waals surface area (Å²) in [5.41, 5.74) is 12.1. The topological polar surface area (TPSA) is 48.5 Å². The molecule has 0 saturated carbocycles. The molecule has 304 valence electrons. The Labute approximate surface area is 364 Å². The Morgan fingerprint density at radius 1 is 0.419 bits per heavy atom. The van der Waals surface area contributed by atoms with Crippen molar-refractivity contribution in [3.05, 3.63) is 200 Å². The third kappa shape index (κ3) is 7.30. The van der Waals surface area contributed by atoms with E-state index in [1.54, 1.807) is 12.2 Å². The molecule has 5 heteroatoms. The van der Waals surface area contributed by atoms with E-state index >= 15 is 0 Å². The van der Waals surface area contributed by atoms with Crippen molar-refractivity contribution in [2.45, 2.75) is 52.4 Å². The fourth-order valence-corrected chi connectivity index (χ4v) is 8.38. The molecular formula is C57H51N5. The van der Waals surface area contributed by atoms with Crippen LogP contribution in [-0.2, 0) is 10.8 Å². The lowest BCUT2D eigenvalue weighted by Crippen LogP contribution is -2.11. The lowest BCUT2D eigenvalue weighted by Gasteiger charge is -2.19. The van der Waals surface area contributed by atoms with Crippen LogP contribution < -0.4 is 0 Å². The van der Waals surface area contributed by atoms with Crippen LogP contribution in [0.25, 0.3) is 89.2 Å². The van der Waals surface area contributed by atoms with Crippen LogP contribution >= 0.6 is 0 Å². The van der Waals surface area contributed by atoms with Crippen LogP contribution in [0.15, 0.2) is 189 Å². The average Bonchev–Trinajstić information content (AvgIpc) is 3.81. The monoisotopic (exact) mass is 805 g/mol. The molecular weight excluding hydrogens is 755 g/mol. The zero-order valence-corrected chi connectivity index (χ0v) is 36.4. The van der Waals surface area contributed by atoms with Crippen molar-refractivity contribution in [2.24, 2.45) is 0 Å². The molecule has 0 amide bonds. The molecule has 10 aromatic rings. The first-order valence-electron chi connectivity index (χ1n) is 21.3. The van der Waals surface area contributed by atoms with E-state index in [9.17, 15) is 0 Å². The smallest absolute Gasteiger partial charge is 0.238 e. The molecule has 0 atom stereocenters. The van der Waals surface area contributed by atoms with Gasteiger partial charge in [-0.15, -0.1) is 0 Å².